The van der Waals surface area contributed by atoms with Crippen LogP contribution in [0.25, 0.3) is 0 Å². The van der Waals surface area contributed by atoms with Crippen LogP contribution < -0.4 is 5.43 Å². The number of carbonyl (C=O) groups excluding carboxylic acids is 1. The lowest BCUT2D eigenvalue weighted by molar-refractivity contribution is -0.385. The molecule has 0 aliphatic rings. The molecular weight excluding hydrogens is 290 g/mol. The number of nitro benzene ring substituents is 1. The van der Waals surface area contributed by atoms with E-state index >= 15 is 0 Å². The minimum absolute atomic E-state index is 0.00994. The molecule has 1 heterocycles. The van der Waals surface area contributed by atoms with E-state index in [1.807, 2.05) is 18.4 Å². The first-order chi connectivity index (χ1) is 9.99. The zero-order valence-corrected chi connectivity index (χ0v) is 12.3. The summed E-state index contributed by atoms with van der Waals surface area (Å²) in [6.45, 7) is 3.55. The van der Waals surface area contributed by atoms with Gasteiger partial charge in [-0.05, 0) is 43.0 Å². The monoisotopic (exact) mass is 303 g/mol. The normalized spacial score (nSPS) is 10.8. The van der Waals surface area contributed by atoms with E-state index in [1.54, 1.807) is 13.1 Å². The summed E-state index contributed by atoms with van der Waals surface area (Å²) in [6.07, 6.45) is 1.58. The van der Waals surface area contributed by atoms with Crippen molar-refractivity contribution in [3.05, 3.63) is 61.3 Å². The predicted molar refractivity (Wildman–Crippen MR) is 81.9 cm³/mol. The van der Waals surface area contributed by atoms with Crippen molar-refractivity contribution < 1.29 is 9.72 Å². The molecule has 0 atom stereocenters. The Balaban J connectivity index is 2.07. The van der Waals surface area contributed by atoms with Gasteiger partial charge in [-0.2, -0.15) is 5.10 Å². The molecular formula is C14H13N3O3S. The van der Waals surface area contributed by atoms with Crippen LogP contribution in [0.4, 0.5) is 5.69 Å². The lowest BCUT2D eigenvalue weighted by atomic mass is 10.1. The lowest BCUT2D eigenvalue weighted by Crippen LogP contribution is -2.17. The van der Waals surface area contributed by atoms with Gasteiger partial charge in [-0.25, -0.2) is 5.43 Å². The van der Waals surface area contributed by atoms with E-state index in [0.29, 0.717) is 11.1 Å². The van der Waals surface area contributed by atoms with Gasteiger partial charge in [-0.15, -0.1) is 11.3 Å². The van der Waals surface area contributed by atoms with Crippen molar-refractivity contribution in [3.8, 4) is 0 Å². The largest absolute Gasteiger partial charge is 0.272 e. The third-order valence-corrected chi connectivity index (χ3v) is 3.86. The summed E-state index contributed by atoms with van der Waals surface area (Å²) >= 11 is 1.53. The molecule has 1 amide bonds. The number of hydrogen-bond donors (Lipinski definition) is 1. The molecule has 0 aliphatic carbocycles. The topological polar surface area (TPSA) is 84.6 Å². The Morgan fingerprint density at radius 3 is 2.67 bits per heavy atom. The van der Waals surface area contributed by atoms with Gasteiger partial charge in [-0.3, -0.25) is 14.9 Å². The summed E-state index contributed by atoms with van der Waals surface area (Å²) in [5, 5.41) is 16.6. The Labute approximate surface area is 125 Å². The predicted octanol–water partition coefficient (Wildman–Crippen LogP) is 3.04. The van der Waals surface area contributed by atoms with Gasteiger partial charge in [0.1, 0.15) is 0 Å². The van der Waals surface area contributed by atoms with Gasteiger partial charge in [-0.1, -0.05) is 0 Å². The molecule has 0 spiro atoms. The average molecular weight is 303 g/mol. The molecule has 6 nitrogen and oxygen atoms in total. The maximum atomic E-state index is 11.9. The van der Waals surface area contributed by atoms with Crippen LogP contribution in [0.3, 0.4) is 0 Å². The van der Waals surface area contributed by atoms with Crippen molar-refractivity contribution in [2.24, 2.45) is 5.10 Å². The van der Waals surface area contributed by atoms with E-state index in [4.69, 9.17) is 0 Å². The fourth-order valence-electron chi connectivity index (χ4n) is 1.73. The molecule has 0 aliphatic heterocycles. The standard InChI is InChI=1S/C14H13N3O3S/c1-9-5-6-21-13(9)8-15-16-14(18)11-3-4-12(17(19)20)10(2)7-11/h3-8H,1-2H3,(H,16,18). The molecule has 0 saturated heterocycles. The Kier molecular flexibility index (Phi) is 4.44. The summed E-state index contributed by atoms with van der Waals surface area (Å²) in [5.74, 6) is -0.404. The maximum Gasteiger partial charge on any atom is 0.272 e. The molecule has 1 aromatic carbocycles. The second-order valence-electron chi connectivity index (χ2n) is 4.43. The number of hydrogen-bond acceptors (Lipinski definition) is 5. The lowest BCUT2D eigenvalue weighted by Gasteiger charge is -2.02. The number of amides is 1. The van der Waals surface area contributed by atoms with Gasteiger partial charge in [0.05, 0.1) is 11.1 Å². The van der Waals surface area contributed by atoms with Gasteiger partial charge < -0.3 is 0 Å². The molecule has 0 unspecified atom stereocenters. The number of nitro groups is 1. The summed E-state index contributed by atoms with van der Waals surface area (Å²) in [6, 6.07) is 6.16. The number of nitrogens with zero attached hydrogens (tertiary/aromatic N) is 2. The number of hydrazone groups is 1. The summed E-state index contributed by atoms with van der Waals surface area (Å²) in [5.41, 5.74) is 4.25. The van der Waals surface area contributed by atoms with E-state index in [1.165, 1.54) is 29.5 Å². The molecule has 2 aromatic rings. The van der Waals surface area contributed by atoms with Crippen LogP contribution >= 0.6 is 11.3 Å². The maximum absolute atomic E-state index is 11.9. The SMILES string of the molecule is Cc1cc(C(=O)NN=Cc2sccc2C)ccc1[N+](=O)[O-]. The molecule has 0 saturated carbocycles. The number of carbonyl (C=O) groups is 1. The Morgan fingerprint density at radius 2 is 2.10 bits per heavy atom. The van der Waals surface area contributed by atoms with Crippen molar-refractivity contribution in [1.29, 1.82) is 0 Å². The zero-order chi connectivity index (χ0) is 15.4. The Bertz CT molecular complexity index is 722. The number of thiophene rings is 1. The van der Waals surface area contributed by atoms with Crippen LogP contribution in [0.5, 0.6) is 0 Å². The minimum atomic E-state index is -0.477. The van der Waals surface area contributed by atoms with E-state index in [0.717, 1.165) is 10.4 Å². The Hall–Kier alpha value is -2.54. The molecule has 2 rings (SSSR count). The van der Waals surface area contributed by atoms with E-state index in [9.17, 15) is 14.9 Å². The van der Waals surface area contributed by atoms with Crippen LogP contribution in [0.15, 0.2) is 34.7 Å². The van der Waals surface area contributed by atoms with Gasteiger partial charge in [0, 0.05) is 22.1 Å². The number of benzene rings is 1. The van der Waals surface area contributed by atoms with Crippen molar-refractivity contribution in [1.82, 2.24) is 5.43 Å². The molecule has 1 aromatic heterocycles. The van der Waals surface area contributed by atoms with Crippen LogP contribution in [0, 0.1) is 24.0 Å². The van der Waals surface area contributed by atoms with Gasteiger partial charge in [0.15, 0.2) is 0 Å². The summed E-state index contributed by atoms with van der Waals surface area (Å²) < 4.78 is 0. The quantitative estimate of drug-likeness (QED) is 0.535. The van der Waals surface area contributed by atoms with Crippen molar-refractivity contribution in [2.45, 2.75) is 13.8 Å². The first-order valence-electron chi connectivity index (χ1n) is 6.11. The minimum Gasteiger partial charge on any atom is -0.267 e. The van der Waals surface area contributed by atoms with Gasteiger partial charge >= 0.3 is 0 Å². The highest BCUT2D eigenvalue weighted by Gasteiger charge is 2.13. The number of aryl methyl sites for hydroxylation is 2. The molecule has 0 fully saturated rings. The summed E-state index contributed by atoms with van der Waals surface area (Å²) in [4.78, 5) is 23.1. The fourth-order valence-corrected chi connectivity index (χ4v) is 2.52. The third-order valence-electron chi connectivity index (χ3n) is 2.91. The van der Waals surface area contributed by atoms with Crippen LogP contribution in [-0.4, -0.2) is 17.0 Å². The molecule has 21 heavy (non-hydrogen) atoms. The first-order valence-corrected chi connectivity index (χ1v) is 6.99. The van der Waals surface area contributed by atoms with Crippen molar-refractivity contribution in [3.63, 3.8) is 0 Å². The highest BCUT2D eigenvalue weighted by molar-refractivity contribution is 7.11. The molecule has 108 valence electrons. The van der Waals surface area contributed by atoms with Crippen LogP contribution in [-0.2, 0) is 0 Å². The van der Waals surface area contributed by atoms with Gasteiger partial charge in [0.25, 0.3) is 11.6 Å². The molecule has 0 bridgehead atoms. The highest BCUT2D eigenvalue weighted by atomic mass is 32.1. The highest BCUT2D eigenvalue weighted by Crippen LogP contribution is 2.18. The van der Waals surface area contributed by atoms with E-state index in [-0.39, 0.29) is 5.69 Å². The zero-order valence-electron chi connectivity index (χ0n) is 11.5. The Morgan fingerprint density at radius 1 is 1.33 bits per heavy atom. The smallest absolute Gasteiger partial charge is 0.267 e. The first kappa shape index (κ1) is 14.9. The van der Waals surface area contributed by atoms with Crippen molar-refractivity contribution >= 4 is 29.1 Å². The molecule has 7 heteroatoms. The molecule has 0 radical (unpaired) electrons. The second kappa shape index (κ2) is 6.27. The fraction of sp³-hybridized carbons (Fsp3) is 0.143. The van der Waals surface area contributed by atoms with Gasteiger partial charge in [0.2, 0.25) is 0 Å². The van der Waals surface area contributed by atoms with E-state index < -0.39 is 10.8 Å². The van der Waals surface area contributed by atoms with E-state index in [2.05, 4.69) is 10.5 Å². The number of rotatable bonds is 4. The average Bonchev–Trinajstić information content (AvgIpc) is 2.83. The van der Waals surface area contributed by atoms with Crippen LogP contribution in [0.1, 0.15) is 26.4 Å². The van der Waals surface area contributed by atoms with Crippen molar-refractivity contribution in [2.75, 3.05) is 0 Å². The number of nitrogens with one attached hydrogen (secondary N) is 1. The summed E-state index contributed by atoms with van der Waals surface area (Å²) in [7, 11) is 0. The second-order valence-corrected chi connectivity index (χ2v) is 5.37. The van der Waals surface area contributed by atoms with Crippen LogP contribution in [0.2, 0.25) is 0 Å². The molecule has 1 N–H and O–H groups in total. The third kappa shape index (κ3) is 3.51.